The van der Waals surface area contributed by atoms with Crippen molar-refractivity contribution in [3.63, 3.8) is 0 Å². The molecule has 29 heavy (non-hydrogen) atoms. The number of thioether (sulfide) groups is 2. The number of amides is 2. The molecule has 2 rings (SSSR count). The van der Waals surface area contributed by atoms with E-state index in [4.69, 9.17) is 9.47 Å². The fraction of sp³-hybridized carbons (Fsp3) is 0.850. The van der Waals surface area contributed by atoms with Crippen molar-refractivity contribution in [1.82, 2.24) is 10.2 Å². The van der Waals surface area contributed by atoms with Crippen LogP contribution in [0.25, 0.3) is 0 Å². The predicted octanol–water partition coefficient (Wildman–Crippen LogP) is 3.27. The molecule has 0 aromatic carbocycles. The average molecular weight is 447 g/mol. The van der Waals surface area contributed by atoms with Crippen molar-refractivity contribution in [3.8, 4) is 0 Å². The standard InChI is InChI=1S/C20H34N2O5S2/c1-18(2,3)14(21-17(25)27-19(4,5)6)15(23)22-12-20(28-9-8-10-29-20)11-13(22)16(24)26-7/h13-14H,8-12H2,1-7H3,(H,21,25)/t13-,14?/m0/s1. The number of likely N-dealkylation sites (tertiary alicyclic amines) is 1. The first-order chi connectivity index (χ1) is 13.3. The Morgan fingerprint density at radius 1 is 1.10 bits per heavy atom. The summed E-state index contributed by atoms with van der Waals surface area (Å²) >= 11 is 3.63. The van der Waals surface area contributed by atoms with E-state index in [-0.39, 0.29) is 9.99 Å². The zero-order valence-corrected chi connectivity index (χ0v) is 20.1. The molecule has 2 fully saturated rings. The van der Waals surface area contributed by atoms with E-state index < -0.39 is 35.2 Å². The Kier molecular flexibility index (Phi) is 7.47. The van der Waals surface area contributed by atoms with Crippen LogP contribution < -0.4 is 5.32 Å². The minimum atomic E-state index is -0.821. The SMILES string of the molecule is COC(=O)[C@@H]1CC2(CN1C(=O)C(NC(=O)OC(C)(C)C)C(C)(C)C)SCCCS2. The molecular formula is C20H34N2O5S2. The molecule has 2 aliphatic heterocycles. The fourth-order valence-corrected chi connectivity index (χ4v) is 6.83. The second-order valence-electron chi connectivity index (χ2n) is 9.62. The second-order valence-corrected chi connectivity index (χ2v) is 12.8. The van der Waals surface area contributed by atoms with E-state index in [2.05, 4.69) is 5.32 Å². The maximum Gasteiger partial charge on any atom is 0.408 e. The van der Waals surface area contributed by atoms with Gasteiger partial charge in [0.25, 0.3) is 0 Å². The number of nitrogens with zero attached hydrogens (tertiary/aromatic N) is 1. The van der Waals surface area contributed by atoms with E-state index in [1.54, 1.807) is 25.7 Å². The summed E-state index contributed by atoms with van der Waals surface area (Å²) in [6, 6.07) is -1.46. The van der Waals surface area contributed by atoms with Crippen molar-refractivity contribution in [2.24, 2.45) is 5.41 Å². The van der Waals surface area contributed by atoms with Crippen LogP contribution in [-0.4, -0.2) is 69.8 Å². The van der Waals surface area contributed by atoms with E-state index in [0.29, 0.717) is 13.0 Å². The Bertz CT molecular complexity index is 636. The zero-order valence-electron chi connectivity index (χ0n) is 18.5. The van der Waals surface area contributed by atoms with Crippen molar-refractivity contribution in [3.05, 3.63) is 0 Å². The fourth-order valence-electron chi connectivity index (χ4n) is 3.48. The van der Waals surface area contributed by atoms with Crippen LogP contribution in [0, 0.1) is 5.41 Å². The summed E-state index contributed by atoms with van der Waals surface area (Å²) in [4.78, 5) is 40.1. The number of carbonyl (C=O) groups is 3. The lowest BCUT2D eigenvalue weighted by molar-refractivity contribution is -0.152. The van der Waals surface area contributed by atoms with Crippen LogP contribution in [0.1, 0.15) is 54.4 Å². The van der Waals surface area contributed by atoms with Crippen molar-refractivity contribution >= 4 is 41.5 Å². The van der Waals surface area contributed by atoms with Gasteiger partial charge in [0, 0.05) is 13.0 Å². The molecule has 2 heterocycles. The minimum absolute atomic E-state index is 0.193. The number of hydrogen-bond acceptors (Lipinski definition) is 7. The highest BCUT2D eigenvalue weighted by Crippen LogP contribution is 2.50. The molecule has 1 unspecified atom stereocenters. The molecular weight excluding hydrogens is 412 g/mol. The van der Waals surface area contributed by atoms with Gasteiger partial charge in [-0.2, -0.15) is 0 Å². The number of methoxy groups -OCH3 is 1. The third kappa shape index (κ3) is 6.20. The van der Waals surface area contributed by atoms with E-state index in [9.17, 15) is 14.4 Å². The van der Waals surface area contributed by atoms with Gasteiger partial charge in [-0.3, -0.25) is 4.79 Å². The van der Waals surface area contributed by atoms with Crippen LogP contribution in [0.4, 0.5) is 4.79 Å². The van der Waals surface area contributed by atoms with Crippen LogP contribution in [0.5, 0.6) is 0 Å². The van der Waals surface area contributed by atoms with Crippen molar-refractivity contribution in [2.75, 3.05) is 25.2 Å². The summed E-state index contributed by atoms with van der Waals surface area (Å²) in [5.74, 6) is 1.35. The third-order valence-corrected chi connectivity index (χ3v) is 8.18. The molecule has 2 aliphatic rings. The molecule has 1 spiro atoms. The summed E-state index contributed by atoms with van der Waals surface area (Å²) in [6.45, 7) is 11.4. The van der Waals surface area contributed by atoms with Crippen molar-refractivity contribution < 1.29 is 23.9 Å². The van der Waals surface area contributed by atoms with Gasteiger partial charge in [-0.15, -0.1) is 23.5 Å². The number of alkyl carbamates (subject to hydrolysis) is 1. The number of carbonyl (C=O) groups excluding carboxylic acids is 3. The third-order valence-electron chi connectivity index (χ3n) is 4.84. The lowest BCUT2D eigenvalue weighted by Crippen LogP contribution is -2.57. The first-order valence-electron chi connectivity index (χ1n) is 9.94. The lowest BCUT2D eigenvalue weighted by Gasteiger charge is -2.36. The molecule has 1 N–H and O–H groups in total. The van der Waals surface area contributed by atoms with Gasteiger partial charge in [0.2, 0.25) is 5.91 Å². The summed E-state index contributed by atoms with van der Waals surface area (Å²) in [5, 5.41) is 2.74. The number of esters is 1. The molecule has 0 aromatic heterocycles. The Morgan fingerprint density at radius 2 is 1.69 bits per heavy atom. The zero-order chi connectivity index (χ0) is 22.0. The number of hydrogen-bond donors (Lipinski definition) is 1. The maximum absolute atomic E-state index is 13.6. The van der Waals surface area contributed by atoms with Crippen LogP contribution in [0.15, 0.2) is 0 Å². The van der Waals surface area contributed by atoms with E-state index in [1.165, 1.54) is 7.11 Å². The summed E-state index contributed by atoms with van der Waals surface area (Å²) in [7, 11) is 1.34. The van der Waals surface area contributed by atoms with Crippen molar-refractivity contribution in [1.29, 1.82) is 0 Å². The first kappa shape index (κ1) is 24.2. The quantitative estimate of drug-likeness (QED) is 0.666. The second kappa shape index (κ2) is 8.96. The van der Waals surface area contributed by atoms with Gasteiger partial charge in [-0.1, -0.05) is 20.8 Å². The predicted molar refractivity (Wildman–Crippen MR) is 117 cm³/mol. The molecule has 166 valence electrons. The molecule has 0 aliphatic carbocycles. The van der Waals surface area contributed by atoms with Gasteiger partial charge in [0.15, 0.2) is 0 Å². The van der Waals surface area contributed by atoms with Crippen LogP contribution >= 0.6 is 23.5 Å². The Hall–Kier alpha value is -1.09. The van der Waals surface area contributed by atoms with Gasteiger partial charge in [0.1, 0.15) is 17.7 Å². The number of ether oxygens (including phenoxy) is 2. The highest BCUT2D eigenvalue weighted by Gasteiger charge is 2.53. The molecule has 2 atom stereocenters. The number of rotatable bonds is 3. The molecule has 9 heteroatoms. The van der Waals surface area contributed by atoms with Gasteiger partial charge >= 0.3 is 12.1 Å². The summed E-state index contributed by atoms with van der Waals surface area (Å²) in [6.07, 6.45) is 1.04. The van der Waals surface area contributed by atoms with Gasteiger partial charge in [-0.05, 0) is 44.1 Å². The Morgan fingerprint density at radius 3 is 2.17 bits per heavy atom. The molecule has 0 radical (unpaired) electrons. The van der Waals surface area contributed by atoms with Gasteiger partial charge in [-0.25, -0.2) is 9.59 Å². The normalized spacial score (nSPS) is 22.9. The summed E-state index contributed by atoms with van der Waals surface area (Å²) in [5.41, 5.74) is -1.23. The van der Waals surface area contributed by atoms with E-state index >= 15 is 0 Å². The molecule has 2 saturated heterocycles. The number of nitrogens with one attached hydrogen (secondary N) is 1. The highest BCUT2D eigenvalue weighted by atomic mass is 32.2. The van der Waals surface area contributed by atoms with Crippen molar-refractivity contribution in [2.45, 2.75) is 76.1 Å². The monoisotopic (exact) mass is 446 g/mol. The Labute approximate surface area is 182 Å². The van der Waals surface area contributed by atoms with Gasteiger partial charge in [0.05, 0.1) is 11.2 Å². The first-order valence-corrected chi connectivity index (χ1v) is 11.9. The van der Waals surface area contributed by atoms with E-state index in [0.717, 1.165) is 17.9 Å². The lowest BCUT2D eigenvalue weighted by atomic mass is 9.85. The Balaban J connectivity index is 2.27. The average Bonchev–Trinajstić information content (AvgIpc) is 2.95. The van der Waals surface area contributed by atoms with Crippen LogP contribution in [0.2, 0.25) is 0 Å². The molecule has 2 amide bonds. The topological polar surface area (TPSA) is 84.9 Å². The van der Waals surface area contributed by atoms with Crippen LogP contribution in [0.3, 0.4) is 0 Å². The largest absolute Gasteiger partial charge is 0.467 e. The molecule has 7 nitrogen and oxygen atoms in total. The summed E-state index contributed by atoms with van der Waals surface area (Å²) < 4.78 is 10.2. The molecule has 0 saturated carbocycles. The highest BCUT2D eigenvalue weighted by molar-refractivity contribution is 8.18. The van der Waals surface area contributed by atoms with E-state index in [1.807, 2.05) is 44.3 Å². The van der Waals surface area contributed by atoms with Crippen LogP contribution in [-0.2, 0) is 19.1 Å². The molecule has 0 aromatic rings. The minimum Gasteiger partial charge on any atom is -0.467 e. The molecule has 0 bridgehead atoms. The smallest absolute Gasteiger partial charge is 0.408 e. The van der Waals surface area contributed by atoms with Gasteiger partial charge < -0.3 is 19.7 Å². The maximum atomic E-state index is 13.6.